The molecule has 1 aromatic heterocycles. The number of aromatic nitrogens is 2. The molecule has 0 atom stereocenters. The fourth-order valence-corrected chi connectivity index (χ4v) is 2.64. The first kappa shape index (κ1) is 23.5. The number of ether oxygens (including phenoxy) is 1. The van der Waals surface area contributed by atoms with Crippen LogP contribution in [-0.4, -0.2) is 34.6 Å². The summed E-state index contributed by atoms with van der Waals surface area (Å²) in [7, 11) is 0. The molecule has 0 bridgehead atoms. The minimum Gasteiger partial charge on any atom is -0.455 e. The van der Waals surface area contributed by atoms with Crippen LogP contribution in [0.5, 0.6) is 0 Å². The maximum atomic E-state index is 12.7. The standard InChI is InChI=1S/C19H32N4O5/c1-5-7-9-11-22(14(24)12-28-18(26)13(3)4)15-16(20)23(10-8-6-2)19(27)21-17(15)25/h13H,5-12,20H2,1-4H3,(H,21,25,27). The van der Waals surface area contributed by atoms with Gasteiger partial charge in [-0.3, -0.25) is 23.9 Å². The molecule has 0 spiro atoms. The number of rotatable bonds is 11. The van der Waals surface area contributed by atoms with E-state index in [0.717, 1.165) is 19.3 Å². The van der Waals surface area contributed by atoms with E-state index in [1.807, 2.05) is 13.8 Å². The highest BCUT2D eigenvalue weighted by Gasteiger charge is 2.25. The average molecular weight is 396 g/mol. The van der Waals surface area contributed by atoms with Gasteiger partial charge in [-0.2, -0.15) is 0 Å². The molecule has 9 nitrogen and oxygen atoms in total. The van der Waals surface area contributed by atoms with Crippen LogP contribution in [-0.2, 0) is 20.9 Å². The van der Waals surface area contributed by atoms with Gasteiger partial charge in [-0.05, 0) is 12.8 Å². The van der Waals surface area contributed by atoms with E-state index in [9.17, 15) is 19.2 Å². The van der Waals surface area contributed by atoms with Crippen molar-refractivity contribution in [2.45, 2.75) is 66.3 Å². The summed E-state index contributed by atoms with van der Waals surface area (Å²) in [5, 5.41) is 0. The van der Waals surface area contributed by atoms with Crippen LogP contribution in [0.15, 0.2) is 9.59 Å². The van der Waals surface area contributed by atoms with E-state index in [1.165, 1.54) is 9.47 Å². The van der Waals surface area contributed by atoms with Crippen molar-refractivity contribution >= 4 is 23.4 Å². The van der Waals surface area contributed by atoms with Crippen LogP contribution in [0.2, 0.25) is 0 Å². The highest BCUT2D eigenvalue weighted by molar-refractivity contribution is 5.97. The molecule has 0 aromatic carbocycles. The average Bonchev–Trinajstić information content (AvgIpc) is 2.64. The van der Waals surface area contributed by atoms with Crippen molar-refractivity contribution < 1.29 is 14.3 Å². The Balaban J connectivity index is 3.25. The molecule has 0 aliphatic heterocycles. The number of amides is 1. The van der Waals surface area contributed by atoms with E-state index in [2.05, 4.69) is 4.98 Å². The SMILES string of the molecule is CCCCCN(C(=O)COC(=O)C(C)C)c1c(N)n(CCCC)c(=O)[nH]c1=O. The summed E-state index contributed by atoms with van der Waals surface area (Å²) in [5.41, 5.74) is 4.71. The van der Waals surface area contributed by atoms with Gasteiger partial charge in [0.15, 0.2) is 12.3 Å². The highest BCUT2D eigenvalue weighted by atomic mass is 16.5. The van der Waals surface area contributed by atoms with Crippen LogP contribution in [0.25, 0.3) is 0 Å². The van der Waals surface area contributed by atoms with Gasteiger partial charge in [0, 0.05) is 13.1 Å². The third kappa shape index (κ3) is 6.24. The van der Waals surface area contributed by atoms with Crippen molar-refractivity contribution in [3.63, 3.8) is 0 Å². The molecule has 28 heavy (non-hydrogen) atoms. The molecule has 0 unspecified atom stereocenters. The molecule has 0 saturated heterocycles. The van der Waals surface area contributed by atoms with Crippen LogP contribution in [0, 0.1) is 5.92 Å². The largest absolute Gasteiger partial charge is 0.455 e. The van der Waals surface area contributed by atoms with Gasteiger partial charge in [0.2, 0.25) is 0 Å². The summed E-state index contributed by atoms with van der Waals surface area (Å²) in [6.07, 6.45) is 3.96. The summed E-state index contributed by atoms with van der Waals surface area (Å²) in [6.45, 7) is 7.40. The zero-order valence-corrected chi connectivity index (χ0v) is 17.2. The molecule has 0 saturated carbocycles. The van der Waals surface area contributed by atoms with Crippen LogP contribution in [0.1, 0.15) is 59.8 Å². The Bertz CT molecular complexity index is 782. The number of nitrogens with one attached hydrogen (secondary N) is 1. The number of esters is 1. The molecule has 1 aromatic rings. The number of aromatic amines is 1. The lowest BCUT2D eigenvalue weighted by molar-refractivity contribution is -0.150. The first-order valence-electron chi connectivity index (χ1n) is 9.84. The first-order chi connectivity index (χ1) is 13.2. The molecule has 3 N–H and O–H groups in total. The van der Waals surface area contributed by atoms with E-state index >= 15 is 0 Å². The lowest BCUT2D eigenvalue weighted by Crippen LogP contribution is -2.43. The molecule has 1 rings (SSSR count). The number of H-pyrrole nitrogens is 1. The number of carbonyl (C=O) groups excluding carboxylic acids is 2. The first-order valence-corrected chi connectivity index (χ1v) is 9.84. The number of hydrogen-bond acceptors (Lipinski definition) is 6. The third-order valence-electron chi connectivity index (χ3n) is 4.31. The summed E-state index contributed by atoms with van der Waals surface area (Å²) >= 11 is 0. The Kier molecular flexibility index (Phi) is 9.47. The van der Waals surface area contributed by atoms with E-state index in [0.29, 0.717) is 19.4 Å². The predicted octanol–water partition coefficient (Wildman–Crippen LogP) is 1.64. The van der Waals surface area contributed by atoms with Crippen LogP contribution in [0.3, 0.4) is 0 Å². The molecule has 9 heteroatoms. The lowest BCUT2D eigenvalue weighted by atomic mass is 10.2. The highest BCUT2D eigenvalue weighted by Crippen LogP contribution is 2.18. The topological polar surface area (TPSA) is 127 Å². The van der Waals surface area contributed by atoms with E-state index in [1.54, 1.807) is 13.8 Å². The Morgan fingerprint density at radius 3 is 2.36 bits per heavy atom. The predicted molar refractivity (Wildman–Crippen MR) is 108 cm³/mol. The van der Waals surface area contributed by atoms with Gasteiger partial charge in [0.1, 0.15) is 5.82 Å². The number of anilines is 2. The van der Waals surface area contributed by atoms with Gasteiger partial charge in [0.05, 0.1) is 5.92 Å². The van der Waals surface area contributed by atoms with Gasteiger partial charge in [-0.25, -0.2) is 4.79 Å². The Morgan fingerprint density at radius 2 is 1.79 bits per heavy atom. The Hall–Kier alpha value is -2.58. The van der Waals surface area contributed by atoms with E-state index < -0.39 is 29.7 Å². The van der Waals surface area contributed by atoms with Crippen LogP contribution in [0.4, 0.5) is 11.5 Å². The fourth-order valence-electron chi connectivity index (χ4n) is 2.64. The van der Waals surface area contributed by atoms with Crippen molar-refractivity contribution in [1.29, 1.82) is 0 Å². The minimum atomic E-state index is -0.727. The quantitative estimate of drug-likeness (QED) is 0.432. The number of nitrogen functional groups attached to an aromatic ring is 1. The Morgan fingerprint density at radius 1 is 1.14 bits per heavy atom. The summed E-state index contributed by atoms with van der Waals surface area (Å²) in [4.78, 5) is 52.5. The maximum absolute atomic E-state index is 12.7. The minimum absolute atomic E-state index is 0.0535. The smallest absolute Gasteiger partial charge is 0.330 e. The zero-order valence-electron chi connectivity index (χ0n) is 17.2. The van der Waals surface area contributed by atoms with Crippen molar-refractivity contribution in [3.05, 3.63) is 20.8 Å². The summed E-state index contributed by atoms with van der Waals surface area (Å²) in [6, 6.07) is 0. The van der Waals surface area contributed by atoms with Crippen molar-refractivity contribution in [3.8, 4) is 0 Å². The third-order valence-corrected chi connectivity index (χ3v) is 4.31. The molecular weight excluding hydrogens is 364 g/mol. The molecule has 158 valence electrons. The van der Waals surface area contributed by atoms with Gasteiger partial charge < -0.3 is 15.4 Å². The lowest BCUT2D eigenvalue weighted by Gasteiger charge is -2.24. The van der Waals surface area contributed by atoms with Crippen molar-refractivity contribution in [2.75, 3.05) is 23.8 Å². The second-order valence-electron chi connectivity index (χ2n) is 7.01. The monoisotopic (exact) mass is 396 g/mol. The van der Waals surface area contributed by atoms with Crippen LogP contribution < -0.4 is 21.9 Å². The number of unbranched alkanes of at least 4 members (excludes halogenated alkanes) is 3. The number of carbonyl (C=O) groups is 2. The van der Waals surface area contributed by atoms with E-state index in [-0.39, 0.29) is 24.0 Å². The van der Waals surface area contributed by atoms with E-state index in [4.69, 9.17) is 10.5 Å². The number of nitrogens with two attached hydrogens (primary N) is 1. The molecule has 1 heterocycles. The zero-order chi connectivity index (χ0) is 21.3. The van der Waals surface area contributed by atoms with Gasteiger partial charge in [-0.1, -0.05) is 47.0 Å². The normalized spacial score (nSPS) is 10.9. The molecule has 1 amide bonds. The Labute approximate surface area is 164 Å². The molecule has 0 radical (unpaired) electrons. The molecule has 0 aliphatic rings. The number of nitrogens with zero attached hydrogens (tertiary/aromatic N) is 2. The van der Waals surface area contributed by atoms with Crippen molar-refractivity contribution in [1.82, 2.24) is 9.55 Å². The molecule has 0 fully saturated rings. The fraction of sp³-hybridized carbons (Fsp3) is 0.684. The van der Waals surface area contributed by atoms with Crippen molar-refractivity contribution in [2.24, 2.45) is 5.92 Å². The van der Waals surface area contributed by atoms with Gasteiger partial charge >= 0.3 is 11.7 Å². The van der Waals surface area contributed by atoms with Gasteiger partial charge in [0.25, 0.3) is 11.5 Å². The summed E-state index contributed by atoms with van der Waals surface area (Å²) < 4.78 is 6.29. The van der Waals surface area contributed by atoms with Gasteiger partial charge in [-0.15, -0.1) is 0 Å². The maximum Gasteiger partial charge on any atom is 0.330 e. The molecular formula is C19H32N4O5. The molecule has 0 aliphatic carbocycles. The van der Waals surface area contributed by atoms with Crippen LogP contribution >= 0.6 is 0 Å². The summed E-state index contributed by atoms with van der Waals surface area (Å²) in [5.74, 6) is -1.48. The number of hydrogen-bond donors (Lipinski definition) is 2. The second-order valence-corrected chi connectivity index (χ2v) is 7.01. The second kappa shape index (κ2) is 11.3.